The van der Waals surface area contributed by atoms with Gasteiger partial charge in [-0.1, -0.05) is 0 Å². The Morgan fingerprint density at radius 2 is 2.10 bits per heavy atom. The maximum atomic E-state index is 12.0. The van der Waals surface area contributed by atoms with Crippen molar-refractivity contribution in [2.75, 3.05) is 11.9 Å². The van der Waals surface area contributed by atoms with Crippen LogP contribution in [-0.4, -0.2) is 45.3 Å². The minimum absolute atomic E-state index is 0.0609. The number of aliphatic hydroxyl groups is 1. The fraction of sp³-hybridized carbons (Fsp3) is 0.538. The molecule has 8 heteroatoms. The zero-order chi connectivity index (χ0) is 15.9. The van der Waals surface area contributed by atoms with E-state index >= 15 is 0 Å². The zero-order valence-corrected chi connectivity index (χ0v) is 12.3. The minimum atomic E-state index is -0.924. The van der Waals surface area contributed by atoms with Crippen LogP contribution >= 0.6 is 0 Å². The van der Waals surface area contributed by atoms with Crippen LogP contribution in [0.2, 0.25) is 0 Å². The number of anilines is 1. The molecular formula is C13H20N4O4. The van der Waals surface area contributed by atoms with E-state index in [1.165, 1.54) is 18.6 Å². The topological polar surface area (TPSA) is 113 Å². The highest BCUT2D eigenvalue weighted by Crippen LogP contribution is 2.08. The zero-order valence-electron chi connectivity index (χ0n) is 12.3. The third-order valence-corrected chi connectivity index (χ3v) is 2.24. The van der Waals surface area contributed by atoms with Gasteiger partial charge < -0.3 is 20.5 Å². The molecule has 3 N–H and O–H groups in total. The Morgan fingerprint density at radius 1 is 1.38 bits per heavy atom. The van der Waals surface area contributed by atoms with Crippen LogP contribution < -0.4 is 10.6 Å². The van der Waals surface area contributed by atoms with Crippen LogP contribution in [0.3, 0.4) is 0 Å². The number of nitrogens with one attached hydrogen (secondary N) is 2. The minimum Gasteiger partial charge on any atom is -0.444 e. The van der Waals surface area contributed by atoms with Gasteiger partial charge in [0.2, 0.25) is 5.91 Å². The molecular weight excluding hydrogens is 276 g/mol. The summed E-state index contributed by atoms with van der Waals surface area (Å²) in [6, 6.07) is -0.924. The Morgan fingerprint density at radius 3 is 2.62 bits per heavy atom. The normalized spacial score (nSPS) is 12.4. The fourth-order valence-corrected chi connectivity index (χ4v) is 1.42. The summed E-state index contributed by atoms with van der Waals surface area (Å²) in [5.74, 6) is -0.244. The summed E-state index contributed by atoms with van der Waals surface area (Å²) < 4.78 is 5.08. The van der Waals surface area contributed by atoms with Crippen LogP contribution in [0.15, 0.2) is 18.6 Å². The third kappa shape index (κ3) is 6.66. The molecule has 0 aliphatic heterocycles. The van der Waals surface area contributed by atoms with Crippen molar-refractivity contribution in [1.29, 1.82) is 0 Å². The second-order valence-corrected chi connectivity index (χ2v) is 5.29. The molecule has 1 rings (SSSR count). The standard InChI is InChI=1S/C13H20N4O4/c1-13(2,3)21-12(20)16-9(4-7-18)11(19)17-10-8-14-5-6-15-10/h5-6,8-9,18H,4,7H2,1-3H3,(H,16,20)(H,15,17,19)/t9-/m0/s1. The summed E-state index contributed by atoms with van der Waals surface area (Å²) in [4.78, 5) is 31.4. The highest BCUT2D eigenvalue weighted by molar-refractivity contribution is 5.95. The lowest BCUT2D eigenvalue weighted by atomic mass is 10.2. The molecule has 0 unspecified atom stereocenters. The largest absolute Gasteiger partial charge is 0.444 e. The summed E-state index contributed by atoms with van der Waals surface area (Å²) >= 11 is 0. The maximum absolute atomic E-state index is 12.0. The second kappa shape index (κ2) is 7.53. The van der Waals surface area contributed by atoms with Crippen LogP contribution in [0.1, 0.15) is 27.2 Å². The van der Waals surface area contributed by atoms with Crippen LogP contribution in [0.5, 0.6) is 0 Å². The predicted octanol–water partition coefficient (Wildman–Crippen LogP) is 0.691. The van der Waals surface area contributed by atoms with Crippen LogP contribution in [0.4, 0.5) is 10.6 Å². The van der Waals surface area contributed by atoms with Crippen molar-refractivity contribution in [3.63, 3.8) is 0 Å². The average molecular weight is 296 g/mol. The van der Waals surface area contributed by atoms with Gasteiger partial charge in [0.1, 0.15) is 11.6 Å². The molecule has 1 aromatic heterocycles. The number of amides is 2. The van der Waals surface area contributed by atoms with Crippen molar-refractivity contribution >= 4 is 17.8 Å². The molecule has 1 aromatic rings. The van der Waals surface area contributed by atoms with Crippen LogP contribution in [0.25, 0.3) is 0 Å². The molecule has 0 fully saturated rings. The number of alkyl carbamates (subject to hydrolysis) is 1. The van der Waals surface area contributed by atoms with Crippen LogP contribution in [0, 0.1) is 0 Å². The van der Waals surface area contributed by atoms with Crippen molar-refractivity contribution < 1.29 is 19.4 Å². The number of rotatable bonds is 5. The number of aliphatic hydroxyl groups excluding tert-OH is 1. The Bertz CT molecular complexity index is 473. The number of carbonyl (C=O) groups excluding carboxylic acids is 2. The second-order valence-electron chi connectivity index (χ2n) is 5.29. The molecule has 0 radical (unpaired) electrons. The first kappa shape index (κ1) is 16.8. The SMILES string of the molecule is CC(C)(C)OC(=O)N[C@@H](CCO)C(=O)Nc1cnccn1. The van der Waals surface area contributed by atoms with Gasteiger partial charge in [-0.15, -0.1) is 0 Å². The van der Waals surface area contributed by atoms with Crippen molar-refractivity contribution in [2.24, 2.45) is 0 Å². The van der Waals surface area contributed by atoms with E-state index < -0.39 is 23.6 Å². The Labute approximate surface area is 122 Å². The monoisotopic (exact) mass is 296 g/mol. The van der Waals surface area contributed by atoms with Gasteiger partial charge in [0.25, 0.3) is 0 Å². The van der Waals surface area contributed by atoms with Crippen molar-refractivity contribution in [1.82, 2.24) is 15.3 Å². The molecule has 1 heterocycles. The molecule has 1 atom stereocenters. The number of nitrogens with zero attached hydrogens (tertiary/aromatic N) is 2. The Balaban J connectivity index is 2.63. The fourth-order valence-electron chi connectivity index (χ4n) is 1.42. The lowest BCUT2D eigenvalue weighted by Crippen LogP contribution is -2.46. The quantitative estimate of drug-likeness (QED) is 0.736. The van der Waals surface area contributed by atoms with Gasteiger partial charge >= 0.3 is 6.09 Å². The van der Waals surface area contributed by atoms with Gasteiger partial charge in [-0.2, -0.15) is 0 Å². The number of aromatic nitrogens is 2. The van der Waals surface area contributed by atoms with E-state index in [2.05, 4.69) is 20.6 Å². The molecule has 21 heavy (non-hydrogen) atoms. The van der Waals surface area contributed by atoms with Gasteiger partial charge in [-0.3, -0.25) is 9.78 Å². The lowest BCUT2D eigenvalue weighted by Gasteiger charge is -2.22. The number of carbonyl (C=O) groups is 2. The van der Waals surface area contributed by atoms with E-state index in [0.29, 0.717) is 0 Å². The first-order valence-corrected chi connectivity index (χ1v) is 6.49. The van der Waals surface area contributed by atoms with Gasteiger partial charge in [-0.05, 0) is 27.2 Å². The number of hydrogen-bond donors (Lipinski definition) is 3. The van der Waals surface area contributed by atoms with E-state index in [9.17, 15) is 9.59 Å². The van der Waals surface area contributed by atoms with Crippen molar-refractivity contribution in [3.05, 3.63) is 18.6 Å². The molecule has 0 saturated heterocycles. The molecule has 0 saturated carbocycles. The highest BCUT2D eigenvalue weighted by Gasteiger charge is 2.24. The molecule has 0 aliphatic rings. The summed E-state index contributed by atoms with van der Waals surface area (Å²) in [6.45, 7) is 4.89. The molecule has 2 amide bonds. The number of hydrogen-bond acceptors (Lipinski definition) is 6. The molecule has 0 aromatic carbocycles. The molecule has 0 spiro atoms. The first-order valence-electron chi connectivity index (χ1n) is 6.49. The van der Waals surface area contributed by atoms with E-state index in [4.69, 9.17) is 9.84 Å². The van der Waals surface area contributed by atoms with Crippen molar-refractivity contribution in [2.45, 2.75) is 38.8 Å². The van der Waals surface area contributed by atoms with Crippen molar-refractivity contribution in [3.8, 4) is 0 Å². The van der Waals surface area contributed by atoms with E-state index in [-0.39, 0.29) is 18.8 Å². The first-order chi connectivity index (χ1) is 9.81. The van der Waals surface area contributed by atoms with Gasteiger partial charge in [0.15, 0.2) is 5.82 Å². The summed E-state index contributed by atoms with van der Waals surface area (Å²) in [7, 11) is 0. The maximum Gasteiger partial charge on any atom is 0.408 e. The van der Waals surface area contributed by atoms with Gasteiger partial charge in [-0.25, -0.2) is 9.78 Å². The van der Waals surface area contributed by atoms with Gasteiger partial charge in [0.05, 0.1) is 6.20 Å². The molecule has 116 valence electrons. The molecule has 0 aliphatic carbocycles. The van der Waals surface area contributed by atoms with Crippen LogP contribution in [-0.2, 0) is 9.53 Å². The average Bonchev–Trinajstić information content (AvgIpc) is 2.37. The smallest absolute Gasteiger partial charge is 0.408 e. The van der Waals surface area contributed by atoms with E-state index in [1.807, 2.05) is 0 Å². The third-order valence-electron chi connectivity index (χ3n) is 2.24. The van der Waals surface area contributed by atoms with E-state index in [1.54, 1.807) is 20.8 Å². The molecule has 0 bridgehead atoms. The summed E-state index contributed by atoms with van der Waals surface area (Å²) in [5, 5.41) is 13.9. The Kier molecular flexibility index (Phi) is 6.04. The van der Waals surface area contributed by atoms with Gasteiger partial charge in [0, 0.05) is 19.0 Å². The lowest BCUT2D eigenvalue weighted by molar-refractivity contribution is -0.118. The Hall–Kier alpha value is -2.22. The molecule has 8 nitrogen and oxygen atoms in total. The number of ether oxygens (including phenoxy) is 1. The highest BCUT2D eigenvalue weighted by atomic mass is 16.6. The predicted molar refractivity (Wildman–Crippen MR) is 75.5 cm³/mol. The summed E-state index contributed by atoms with van der Waals surface area (Å²) in [6.07, 6.45) is 3.61. The van der Waals surface area contributed by atoms with E-state index in [0.717, 1.165) is 0 Å². The summed E-state index contributed by atoms with van der Waals surface area (Å²) in [5.41, 5.74) is -0.671.